The number of nitrogens with zero attached hydrogens (tertiary/aromatic N) is 2. The van der Waals surface area contributed by atoms with E-state index in [1.54, 1.807) is 6.07 Å². The van der Waals surface area contributed by atoms with Crippen molar-refractivity contribution in [1.82, 2.24) is 0 Å². The summed E-state index contributed by atoms with van der Waals surface area (Å²) >= 11 is 1.81. The molecule has 0 atom stereocenters. The Morgan fingerprint density at radius 1 is 0.500 bits per heavy atom. The largest absolute Gasteiger partial charge is 0.456 e. The standard InChI is InChI=1S/C38H20N2OS/c39-21-23-6-3-7-26(18-23)37-27(25-15-16-28-32-19-24(22-40)14-17-33(32)41-34(28)20-25)9-4-10-29(37)30-11-5-13-36-38(30)31-8-1-2-12-35(31)42-36/h1-20H. The van der Waals surface area contributed by atoms with Crippen molar-refractivity contribution < 1.29 is 4.42 Å². The molecule has 8 aromatic rings. The maximum atomic E-state index is 9.76. The number of benzene rings is 6. The first-order valence-electron chi connectivity index (χ1n) is 13.6. The Bertz CT molecular complexity index is 2450. The first-order valence-corrected chi connectivity index (χ1v) is 14.4. The summed E-state index contributed by atoms with van der Waals surface area (Å²) in [5, 5.41) is 23.6. The molecule has 2 heterocycles. The van der Waals surface area contributed by atoms with Crippen LogP contribution in [0, 0.1) is 22.7 Å². The lowest BCUT2D eigenvalue weighted by Gasteiger charge is -2.17. The number of furan rings is 1. The van der Waals surface area contributed by atoms with Crippen LogP contribution in [0.1, 0.15) is 11.1 Å². The number of hydrogen-bond donors (Lipinski definition) is 0. The highest BCUT2D eigenvalue weighted by Gasteiger charge is 2.19. The molecule has 42 heavy (non-hydrogen) atoms. The van der Waals surface area contributed by atoms with E-state index in [1.807, 2.05) is 41.7 Å². The second-order valence-electron chi connectivity index (χ2n) is 10.3. The molecule has 2 aromatic heterocycles. The van der Waals surface area contributed by atoms with Gasteiger partial charge in [0.2, 0.25) is 0 Å². The quantitative estimate of drug-likeness (QED) is 0.219. The number of hydrogen-bond acceptors (Lipinski definition) is 4. The highest BCUT2D eigenvalue weighted by atomic mass is 32.1. The molecule has 0 fully saturated rings. The Balaban J connectivity index is 1.43. The van der Waals surface area contributed by atoms with Gasteiger partial charge in [-0.05, 0) is 88.0 Å². The van der Waals surface area contributed by atoms with Gasteiger partial charge >= 0.3 is 0 Å². The van der Waals surface area contributed by atoms with Crippen LogP contribution in [0.3, 0.4) is 0 Å². The van der Waals surface area contributed by atoms with Crippen LogP contribution >= 0.6 is 11.3 Å². The van der Waals surface area contributed by atoms with Gasteiger partial charge < -0.3 is 4.42 Å². The summed E-state index contributed by atoms with van der Waals surface area (Å²) in [4.78, 5) is 0. The van der Waals surface area contributed by atoms with E-state index in [2.05, 4.69) is 97.1 Å². The Kier molecular flexibility index (Phi) is 5.44. The molecule has 3 nitrogen and oxygen atoms in total. The molecule has 0 unspecified atom stereocenters. The molecule has 8 rings (SSSR count). The molecule has 0 saturated heterocycles. The molecule has 0 aliphatic carbocycles. The minimum absolute atomic E-state index is 0.608. The zero-order chi connectivity index (χ0) is 28.2. The molecule has 194 valence electrons. The molecule has 6 aromatic carbocycles. The van der Waals surface area contributed by atoms with Crippen molar-refractivity contribution in [3.63, 3.8) is 0 Å². The van der Waals surface area contributed by atoms with Crippen molar-refractivity contribution in [2.75, 3.05) is 0 Å². The van der Waals surface area contributed by atoms with Crippen LogP contribution < -0.4 is 0 Å². The maximum Gasteiger partial charge on any atom is 0.136 e. The molecule has 0 bridgehead atoms. The van der Waals surface area contributed by atoms with E-state index < -0.39 is 0 Å². The van der Waals surface area contributed by atoms with Crippen LogP contribution in [0.2, 0.25) is 0 Å². The second kappa shape index (κ2) is 9.46. The van der Waals surface area contributed by atoms with Crippen molar-refractivity contribution in [2.24, 2.45) is 0 Å². The SMILES string of the molecule is N#Cc1cccc(-c2c(-c3ccc4c(c3)oc3ccc(C#N)cc34)cccc2-c2cccc3sc4ccccc4c23)c1. The Morgan fingerprint density at radius 2 is 1.26 bits per heavy atom. The van der Waals surface area contributed by atoms with Crippen molar-refractivity contribution in [3.8, 4) is 45.5 Å². The third kappa shape index (κ3) is 3.71. The van der Waals surface area contributed by atoms with E-state index in [-0.39, 0.29) is 0 Å². The van der Waals surface area contributed by atoms with Gasteiger partial charge in [0.25, 0.3) is 0 Å². The van der Waals surface area contributed by atoms with Crippen LogP contribution in [0.5, 0.6) is 0 Å². The van der Waals surface area contributed by atoms with Crippen LogP contribution in [0.15, 0.2) is 126 Å². The molecule has 0 spiro atoms. The highest BCUT2D eigenvalue weighted by Crippen LogP contribution is 2.46. The Morgan fingerprint density at radius 3 is 2.17 bits per heavy atom. The normalized spacial score (nSPS) is 11.3. The van der Waals surface area contributed by atoms with Gasteiger partial charge in [0, 0.05) is 30.9 Å². The molecule has 0 radical (unpaired) electrons. The second-order valence-corrected chi connectivity index (χ2v) is 11.4. The van der Waals surface area contributed by atoms with E-state index in [1.165, 1.54) is 20.2 Å². The minimum atomic E-state index is 0.608. The zero-order valence-electron chi connectivity index (χ0n) is 22.3. The predicted octanol–water partition coefficient (Wildman–Crippen LogP) is 10.7. The fraction of sp³-hybridized carbons (Fsp3) is 0. The lowest BCUT2D eigenvalue weighted by molar-refractivity contribution is 0.669. The van der Waals surface area contributed by atoms with Gasteiger partial charge in [-0.1, -0.05) is 66.7 Å². The molecule has 0 N–H and O–H groups in total. The fourth-order valence-electron chi connectivity index (χ4n) is 6.09. The summed E-state index contributed by atoms with van der Waals surface area (Å²) in [7, 11) is 0. The zero-order valence-corrected chi connectivity index (χ0v) is 23.1. The van der Waals surface area contributed by atoms with Crippen LogP contribution in [0.4, 0.5) is 0 Å². The third-order valence-electron chi connectivity index (χ3n) is 7.95. The van der Waals surface area contributed by atoms with Crippen molar-refractivity contribution >= 4 is 53.4 Å². The van der Waals surface area contributed by atoms with E-state index in [4.69, 9.17) is 4.42 Å². The van der Waals surface area contributed by atoms with Gasteiger partial charge in [-0.15, -0.1) is 11.3 Å². The van der Waals surface area contributed by atoms with Crippen LogP contribution in [-0.2, 0) is 0 Å². The van der Waals surface area contributed by atoms with Gasteiger partial charge in [-0.2, -0.15) is 10.5 Å². The van der Waals surface area contributed by atoms with Crippen LogP contribution in [-0.4, -0.2) is 0 Å². The van der Waals surface area contributed by atoms with Crippen molar-refractivity contribution in [2.45, 2.75) is 0 Å². The molecule has 4 heteroatoms. The Labute approximate surface area is 245 Å². The lowest BCUT2D eigenvalue weighted by atomic mass is 9.86. The first-order chi connectivity index (χ1) is 20.7. The predicted molar refractivity (Wildman–Crippen MR) is 172 cm³/mol. The average molecular weight is 553 g/mol. The minimum Gasteiger partial charge on any atom is -0.456 e. The highest BCUT2D eigenvalue weighted by molar-refractivity contribution is 7.25. The summed E-state index contributed by atoms with van der Waals surface area (Å²) in [6.45, 7) is 0. The summed E-state index contributed by atoms with van der Waals surface area (Å²) < 4.78 is 8.76. The summed E-state index contributed by atoms with van der Waals surface area (Å²) in [5.74, 6) is 0. The molecule has 0 aliphatic rings. The van der Waals surface area contributed by atoms with E-state index in [0.717, 1.165) is 55.3 Å². The van der Waals surface area contributed by atoms with Gasteiger partial charge in [0.1, 0.15) is 11.2 Å². The number of thiophene rings is 1. The monoisotopic (exact) mass is 552 g/mol. The molecular formula is C38H20N2OS. The van der Waals surface area contributed by atoms with Crippen LogP contribution in [0.25, 0.3) is 75.5 Å². The number of fused-ring (bicyclic) bond motifs is 6. The van der Waals surface area contributed by atoms with E-state index in [0.29, 0.717) is 11.1 Å². The Hall–Kier alpha value is -5.68. The summed E-state index contributed by atoms with van der Waals surface area (Å²) in [5.41, 5.74) is 9.16. The van der Waals surface area contributed by atoms with Gasteiger partial charge in [0.15, 0.2) is 0 Å². The van der Waals surface area contributed by atoms with Crippen molar-refractivity contribution in [1.29, 1.82) is 10.5 Å². The molecule has 0 aliphatic heterocycles. The van der Waals surface area contributed by atoms with Gasteiger partial charge in [-0.3, -0.25) is 0 Å². The topological polar surface area (TPSA) is 60.7 Å². The van der Waals surface area contributed by atoms with Gasteiger partial charge in [0.05, 0.1) is 23.3 Å². The van der Waals surface area contributed by atoms with E-state index in [9.17, 15) is 10.5 Å². The first kappa shape index (κ1) is 24.1. The number of rotatable bonds is 3. The van der Waals surface area contributed by atoms with Crippen molar-refractivity contribution in [3.05, 3.63) is 132 Å². The van der Waals surface area contributed by atoms with E-state index >= 15 is 0 Å². The molecule has 0 saturated carbocycles. The summed E-state index contributed by atoms with van der Waals surface area (Å²) in [6, 6.07) is 45.7. The summed E-state index contributed by atoms with van der Waals surface area (Å²) in [6.07, 6.45) is 0. The average Bonchev–Trinajstić information content (AvgIpc) is 3.61. The molecule has 0 amide bonds. The fourth-order valence-corrected chi connectivity index (χ4v) is 7.22. The maximum absolute atomic E-state index is 9.76. The van der Waals surface area contributed by atoms with Gasteiger partial charge in [-0.25, -0.2) is 0 Å². The lowest BCUT2D eigenvalue weighted by Crippen LogP contribution is -1.92. The third-order valence-corrected chi connectivity index (χ3v) is 9.08. The smallest absolute Gasteiger partial charge is 0.136 e. The molecular weight excluding hydrogens is 532 g/mol. The number of nitriles is 2.